The second-order valence-electron chi connectivity index (χ2n) is 4.92. The van der Waals surface area contributed by atoms with E-state index in [1.807, 2.05) is 48.0 Å². The summed E-state index contributed by atoms with van der Waals surface area (Å²) in [7, 11) is 0. The third-order valence-electron chi connectivity index (χ3n) is 3.39. The number of nitrogens with zero attached hydrogens (tertiary/aromatic N) is 1. The van der Waals surface area contributed by atoms with Gasteiger partial charge in [-0.15, -0.1) is 0 Å². The van der Waals surface area contributed by atoms with E-state index in [2.05, 4.69) is 31.4 Å². The van der Waals surface area contributed by atoms with Gasteiger partial charge in [-0.3, -0.25) is 9.89 Å². The number of thiophene rings is 1. The number of nitrogens with one attached hydrogen (secondary N) is 2. The number of aromatic amines is 1. The minimum Gasteiger partial charge on any atom is -0.345 e. The van der Waals surface area contributed by atoms with Gasteiger partial charge in [-0.25, -0.2) is 0 Å². The van der Waals surface area contributed by atoms with Gasteiger partial charge in [0, 0.05) is 15.4 Å². The van der Waals surface area contributed by atoms with Gasteiger partial charge in [0.25, 0.3) is 5.91 Å². The van der Waals surface area contributed by atoms with Crippen molar-refractivity contribution in [1.82, 2.24) is 15.5 Å². The molecule has 1 unspecified atom stereocenters. The topological polar surface area (TPSA) is 57.8 Å². The molecule has 1 aromatic carbocycles. The van der Waals surface area contributed by atoms with Crippen LogP contribution in [0.3, 0.4) is 0 Å². The molecule has 2 aromatic heterocycles. The molecule has 0 aliphatic carbocycles. The van der Waals surface area contributed by atoms with E-state index >= 15 is 0 Å². The average molecular weight is 376 g/mol. The Hall–Kier alpha value is -1.92. The maximum atomic E-state index is 12.5. The first-order valence-corrected chi connectivity index (χ1v) is 8.51. The van der Waals surface area contributed by atoms with Crippen molar-refractivity contribution in [2.24, 2.45) is 0 Å². The van der Waals surface area contributed by atoms with Crippen molar-refractivity contribution in [3.8, 4) is 11.3 Å². The molecule has 0 spiro atoms. The van der Waals surface area contributed by atoms with Crippen molar-refractivity contribution < 1.29 is 4.79 Å². The summed E-state index contributed by atoms with van der Waals surface area (Å²) in [6, 6.07) is 9.78. The van der Waals surface area contributed by atoms with Crippen molar-refractivity contribution in [2.45, 2.75) is 13.0 Å². The Balaban J connectivity index is 1.79. The Morgan fingerprint density at radius 2 is 2.27 bits per heavy atom. The van der Waals surface area contributed by atoms with Crippen molar-refractivity contribution >= 4 is 33.2 Å². The van der Waals surface area contributed by atoms with Crippen LogP contribution in [0.4, 0.5) is 0 Å². The predicted octanol–water partition coefficient (Wildman–Crippen LogP) is 4.39. The zero-order valence-electron chi connectivity index (χ0n) is 11.8. The van der Waals surface area contributed by atoms with E-state index in [0.29, 0.717) is 5.56 Å². The molecular formula is C16H14BrN3OS. The first-order chi connectivity index (χ1) is 10.6. The molecule has 1 amide bonds. The third-order valence-corrected chi connectivity index (χ3v) is 4.57. The minimum atomic E-state index is -0.137. The Morgan fingerprint density at radius 1 is 1.41 bits per heavy atom. The van der Waals surface area contributed by atoms with E-state index in [4.69, 9.17) is 0 Å². The van der Waals surface area contributed by atoms with Gasteiger partial charge in [0.2, 0.25) is 0 Å². The van der Waals surface area contributed by atoms with Crippen LogP contribution < -0.4 is 5.32 Å². The molecule has 0 aliphatic heterocycles. The highest BCUT2D eigenvalue weighted by atomic mass is 79.9. The van der Waals surface area contributed by atoms with Gasteiger partial charge in [-0.1, -0.05) is 28.1 Å². The fourth-order valence-electron chi connectivity index (χ4n) is 2.22. The second-order valence-corrected chi connectivity index (χ2v) is 6.62. The molecule has 2 heterocycles. The van der Waals surface area contributed by atoms with Crippen LogP contribution in [0, 0.1) is 0 Å². The molecular weight excluding hydrogens is 362 g/mol. The molecule has 6 heteroatoms. The molecule has 4 nitrogen and oxygen atoms in total. The molecule has 0 radical (unpaired) electrons. The molecule has 22 heavy (non-hydrogen) atoms. The molecule has 3 aromatic rings. The van der Waals surface area contributed by atoms with E-state index in [0.717, 1.165) is 21.3 Å². The summed E-state index contributed by atoms with van der Waals surface area (Å²) in [4.78, 5) is 12.5. The van der Waals surface area contributed by atoms with E-state index in [1.165, 1.54) is 0 Å². The monoisotopic (exact) mass is 375 g/mol. The van der Waals surface area contributed by atoms with Gasteiger partial charge in [0.05, 0.1) is 23.5 Å². The zero-order chi connectivity index (χ0) is 15.5. The highest BCUT2D eigenvalue weighted by Gasteiger charge is 2.18. The van der Waals surface area contributed by atoms with Crippen LogP contribution in [0.15, 0.2) is 51.8 Å². The third kappa shape index (κ3) is 3.13. The normalized spacial score (nSPS) is 12.1. The molecule has 0 fully saturated rings. The lowest BCUT2D eigenvalue weighted by Crippen LogP contribution is -2.26. The first kappa shape index (κ1) is 15.0. The smallest absolute Gasteiger partial charge is 0.255 e. The number of H-pyrrole nitrogens is 1. The molecule has 1 atom stereocenters. The van der Waals surface area contributed by atoms with Crippen molar-refractivity contribution in [1.29, 1.82) is 0 Å². The number of carbonyl (C=O) groups is 1. The molecule has 3 rings (SSSR count). The lowest BCUT2D eigenvalue weighted by Gasteiger charge is -2.14. The van der Waals surface area contributed by atoms with Crippen LogP contribution in [0.2, 0.25) is 0 Å². The summed E-state index contributed by atoms with van der Waals surface area (Å²) in [5.74, 6) is -0.137. The number of hydrogen-bond donors (Lipinski definition) is 2. The standard InChI is InChI=1S/C16H14BrN3OS/c1-10(11-3-2-4-13(17)7-11)19-16(21)14-8-18-20-15(14)12-5-6-22-9-12/h2-10H,1H3,(H,18,20)(H,19,21). The fraction of sp³-hybridized carbons (Fsp3) is 0.125. The summed E-state index contributed by atoms with van der Waals surface area (Å²) < 4.78 is 0.994. The average Bonchev–Trinajstić information content (AvgIpc) is 3.17. The van der Waals surface area contributed by atoms with Crippen LogP contribution in [-0.4, -0.2) is 16.1 Å². The van der Waals surface area contributed by atoms with E-state index in [9.17, 15) is 4.79 Å². The van der Waals surface area contributed by atoms with Crippen LogP contribution in [0.5, 0.6) is 0 Å². The van der Waals surface area contributed by atoms with Gasteiger partial charge in [-0.05, 0) is 36.1 Å². The van der Waals surface area contributed by atoms with Crippen LogP contribution in [0.1, 0.15) is 28.9 Å². The number of benzene rings is 1. The highest BCUT2D eigenvalue weighted by molar-refractivity contribution is 9.10. The second kappa shape index (κ2) is 6.46. The lowest BCUT2D eigenvalue weighted by molar-refractivity contribution is 0.0940. The molecule has 0 saturated heterocycles. The van der Waals surface area contributed by atoms with Gasteiger partial charge >= 0.3 is 0 Å². The van der Waals surface area contributed by atoms with Crippen molar-refractivity contribution in [2.75, 3.05) is 0 Å². The predicted molar refractivity (Wildman–Crippen MR) is 91.9 cm³/mol. The van der Waals surface area contributed by atoms with Crippen LogP contribution >= 0.6 is 27.3 Å². The number of aromatic nitrogens is 2. The quantitative estimate of drug-likeness (QED) is 0.710. The van der Waals surface area contributed by atoms with Crippen molar-refractivity contribution in [3.05, 3.63) is 62.9 Å². The van der Waals surface area contributed by atoms with Crippen LogP contribution in [-0.2, 0) is 0 Å². The lowest BCUT2D eigenvalue weighted by atomic mass is 10.1. The number of halogens is 1. The van der Waals surface area contributed by atoms with Gasteiger partial charge in [-0.2, -0.15) is 16.4 Å². The number of rotatable bonds is 4. The zero-order valence-corrected chi connectivity index (χ0v) is 14.2. The summed E-state index contributed by atoms with van der Waals surface area (Å²) in [5, 5.41) is 13.9. The summed E-state index contributed by atoms with van der Waals surface area (Å²) in [6.07, 6.45) is 1.57. The largest absolute Gasteiger partial charge is 0.345 e. The maximum absolute atomic E-state index is 12.5. The van der Waals surface area contributed by atoms with E-state index in [1.54, 1.807) is 17.5 Å². The number of carbonyl (C=O) groups excluding carboxylic acids is 1. The summed E-state index contributed by atoms with van der Waals surface area (Å²) >= 11 is 5.03. The molecule has 0 saturated carbocycles. The van der Waals surface area contributed by atoms with Crippen LogP contribution in [0.25, 0.3) is 11.3 Å². The number of amides is 1. The molecule has 112 valence electrons. The SMILES string of the molecule is CC(NC(=O)c1cn[nH]c1-c1ccsc1)c1cccc(Br)c1. The minimum absolute atomic E-state index is 0.0878. The Morgan fingerprint density at radius 3 is 3.00 bits per heavy atom. The maximum Gasteiger partial charge on any atom is 0.255 e. The summed E-state index contributed by atoms with van der Waals surface area (Å²) in [6.45, 7) is 1.96. The first-order valence-electron chi connectivity index (χ1n) is 6.77. The van der Waals surface area contributed by atoms with Gasteiger partial charge in [0.15, 0.2) is 0 Å². The highest BCUT2D eigenvalue weighted by Crippen LogP contribution is 2.24. The fourth-order valence-corrected chi connectivity index (χ4v) is 3.28. The Labute approximate surface area is 140 Å². The molecule has 0 aliphatic rings. The summed E-state index contributed by atoms with van der Waals surface area (Å²) in [5.41, 5.74) is 3.33. The Bertz CT molecular complexity index is 782. The molecule has 2 N–H and O–H groups in total. The van der Waals surface area contributed by atoms with E-state index in [-0.39, 0.29) is 11.9 Å². The Kier molecular flexibility index (Phi) is 4.40. The molecule has 0 bridgehead atoms. The van der Waals surface area contributed by atoms with Crippen molar-refractivity contribution in [3.63, 3.8) is 0 Å². The van der Waals surface area contributed by atoms with Gasteiger partial charge in [0.1, 0.15) is 0 Å². The van der Waals surface area contributed by atoms with Gasteiger partial charge < -0.3 is 5.32 Å². The van der Waals surface area contributed by atoms with E-state index < -0.39 is 0 Å². The number of hydrogen-bond acceptors (Lipinski definition) is 3.